The zero-order valence-corrected chi connectivity index (χ0v) is 23.0. The van der Waals surface area contributed by atoms with Gasteiger partial charge in [-0.2, -0.15) is 0 Å². The number of allylic oxidation sites excluding steroid dienone is 2. The van der Waals surface area contributed by atoms with E-state index in [1.807, 2.05) is 0 Å². The molecule has 1 aromatic rings. The lowest BCUT2D eigenvalue weighted by Gasteiger charge is -2.40. The molecule has 0 aliphatic heterocycles. The Kier molecular flexibility index (Phi) is 5.05. The van der Waals surface area contributed by atoms with Gasteiger partial charge in [0.05, 0.1) is 20.1 Å². The molecule has 4 atom stereocenters. The van der Waals surface area contributed by atoms with Crippen LogP contribution >= 0.6 is 116 Å². The monoisotopic (exact) mass is 638 g/mol. The number of alkyl halides is 6. The second kappa shape index (κ2) is 6.51. The summed E-state index contributed by atoms with van der Waals surface area (Å²) in [5.74, 6) is -3.17. The molecule has 4 aliphatic carbocycles. The number of methoxy groups -OCH3 is 2. The van der Waals surface area contributed by atoms with Gasteiger partial charge in [-0.3, -0.25) is 0 Å². The SMILES string of the molecule is COC1(OC)C2(Cl)C(Cl)=C(Cl)C1(Cl)c1c(O)c3c(c(O)c12)C1(Cl)C(Cl)=C(Cl)C3(Cl)C1(Cl)Cl. The summed E-state index contributed by atoms with van der Waals surface area (Å²) < 4.78 is 9.08. The average molecular weight is 643 g/mol. The third kappa shape index (κ3) is 1.86. The number of aromatic hydroxyl groups is 2. The lowest BCUT2D eigenvalue weighted by Crippen LogP contribution is -2.53. The van der Waals surface area contributed by atoms with Gasteiger partial charge in [-0.05, 0) is 0 Å². The van der Waals surface area contributed by atoms with Crippen molar-refractivity contribution in [1.29, 1.82) is 0 Å². The lowest BCUT2D eigenvalue weighted by atomic mass is 9.84. The van der Waals surface area contributed by atoms with Gasteiger partial charge in [0.15, 0.2) is 14.1 Å². The lowest BCUT2D eigenvalue weighted by molar-refractivity contribution is -0.228. The van der Waals surface area contributed by atoms with E-state index in [-0.39, 0.29) is 42.4 Å². The highest BCUT2D eigenvalue weighted by Crippen LogP contribution is 2.84. The topological polar surface area (TPSA) is 58.9 Å². The highest BCUT2D eigenvalue weighted by atomic mass is 35.5. The van der Waals surface area contributed by atoms with Crippen molar-refractivity contribution in [3.8, 4) is 11.5 Å². The van der Waals surface area contributed by atoms with Gasteiger partial charge in [0.2, 0.25) is 5.79 Å². The van der Waals surface area contributed by atoms with E-state index in [1.54, 1.807) is 0 Å². The van der Waals surface area contributed by atoms with Gasteiger partial charge in [-0.15, -0.1) is 46.4 Å². The summed E-state index contributed by atoms with van der Waals surface area (Å²) >= 11 is 66.6. The van der Waals surface area contributed by atoms with Gasteiger partial charge in [0, 0.05) is 36.5 Å². The van der Waals surface area contributed by atoms with E-state index in [4.69, 9.17) is 125 Å². The van der Waals surface area contributed by atoms with Gasteiger partial charge in [-0.1, -0.05) is 69.6 Å². The summed E-state index contributed by atoms with van der Waals surface area (Å²) in [6, 6.07) is 0. The van der Waals surface area contributed by atoms with Crippen LogP contribution in [0.1, 0.15) is 22.3 Å². The number of halogens is 10. The number of hydrogen-bond acceptors (Lipinski definition) is 4. The Bertz CT molecular complexity index is 1140. The Morgan fingerprint density at radius 1 is 0.531 bits per heavy atom. The van der Waals surface area contributed by atoms with Crippen LogP contribution in [0.4, 0.5) is 0 Å². The summed E-state index contributed by atoms with van der Waals surface area (Å²) in [5, 5.41) is 22.2. The van der Waals surface area contributed by atoms with Gasteiger partial charge in [0.1, 0.15) is 21.2 Å². The molecule has 174 valence electrons. The van der Waals surface area contributed by atoms with E-state index in [9.17, 15) is 10.2 Å². The van der Waals surface area contributed by atoms with Gasteiger partial charge >= 0.3 is 0 Å². The molecule has 5 rings (SSSR count). The van der Waals surface area contributed by atoms with E-state index in [0.29, 0.717) is 0 Å². The molecule has 0 radical (unpaired) electrons. The van der Waals surface area contributed by atoms with Crippen molar-refractivity contribution in [2.75, 3.05) is 14.2 Å². The van der Waals surface area contributed by atoms with Crippen LogP contribution in [0.5, 0.6) is 11.5 Å². The Hall–Kier alpha value is 1.12. The highest BCUT2D eigenvalue weighted by molar-refractivity contribution is 6.66. The van der Waals surface area contributed by atoms with Crippen LogP contribution in [0.15, 0.2) is 20.1 Å². The summed E-state index contributed by atoms with van der Waals surface area (Å²) in [5.41, 5.74) is -0.777. The average Bonchev–Trinajstić information content (AvgIpc) is 3.12. The van der Waals surface area contributed by atoms with Crippen molar-refractivity contribution in [2.45, 2.75) is 29.6 Å². The van der Waals surface area contributed by atoms with Crippen LogP contribution < -0.4 is 0 Å². The van der Waals surface area contributed by atoms with E-state index in [2.05, 4.69) is 0 Å². The van der Waals surface area contributed by atoms with E-state index in [1.165, 1.54) is 14.2 Å². The van der Waals surface area contributed by atoms with Crippen LogP contribution in [0.25, 0.3) is 0 Å². The Morgan fingerprint density at radius 2 is 0.781 bits per heavy atom. The minimum absolute atomic E-state index is 0.180. The fraction of sp³-hybridized carbons (Fsp3) is 0.444. The maximum Gasteiger partial charge on any atom is 0.226 e. The van der Waals surface area contributed by atoms with Crippen LogP contribution in [0.3, 0.4) is 0 Å². The van der Waals surface area contributed by atoms with Crippen molar-refractivity contribution in [2.24, 2.45) is 0 Å². The first kappa shape index (κ1) is 24.8. The number of phenolic OH excluding ortho intramolecular Hbond substituents is 2. The molecule has 0 amide bonds. The minimum atomic E-state index is -2.14. The molecule has 0 heterocycles. The van der Waals surface area contributed by atoms with Gasteiger partial charge in [0.25, 0.3) is 0 Å². The molecular weight excluding hydrogens is 635 g/mol. The maximum absolute atomic E-state index is 11.5. The largest absolute Gasteiger partial charge is 0.507 e. The fourth-order valence-corrected chi connectivity index (χ4v) is 10.1. The predicted molar refractivity (Wildman–Crippen MR) is 129 cm³/mol. The molecule has 0 spiro atoms. The molecule has 0 aromatic heterocycles. The van der Waals surface area contributed by atoms with Crippen LogP contribution in [-0.4, -0.2) is 34.6 Å². The van der Waals surface area contributed by atoms with E-state index >= 15 is 0 Å². The summed E-state index contributed by atoms with van der Waals surface area (Å²) in [7, 11) is 2.50. The Balaban J connectivity index is 2.03. The fourth-order valence-electron chi connectivity index (χ4n) is 5.44. The number of ether oxygens (including phenoxy) is 2. The summed E-state index contributed by atoms with van der Waals surface area (Å²) in [4.78, 5) is -8.14. The number of fused-ring (bicyclic) bond motifs is 10. The first-order valence-electron chi connectivity index (χ1n) is 8.56. The number of rotatable bonds is 2. The summed E-state index contributed by atoms with van der Waals surface area (Å²) in [6.45, 7) is 0. The van der Waals surface area contributed by atoms with Crippen LogP contribution in [-0.2, 0) is 29.0 Å². The predicted octanol–water partition coefficient (Wildman–Crippen LogP) is 7.43. The second-order valence-electron chi connectivity index (χ2n) is 7.69. The number of hydrogen-bond donors (Lipinski definition) is 2. The number of benzene rings is 1. The van der Waals surface area contributed by atoms with Crippen molar-refractivity contribution >= 4 is 116 Å². The molecule has 2 N–H and O–H groups in total. The van der Waals surface area contributed by atoms with E-state index in [0.717, 1.165) is 0 Å². The molecule has 32 heavy (non-hydrogen) atoms. The molecule has 0 saturated heterocycles. The molecule has 4 unspecified atom stereocenters. The quantitative estimate of drug-likeness (QED) is 0.200. The highest BCUT2D eigenvalue weighted by Gasteiger charge is 2.85. The normalized spacial score (nSPS) is 39.9. The molecule has 4 bridgehead atoms. The first-order valence-corrected chi connectivity index (χ1v) is 12.3. The third-order valence-corrected chi connectivity index (χ3v) is 13.3. The molecule has 1 aromatic carbocycles. The van der Waals surface area contributed by atoms with Gasteiger partial charge in [-0.25, -0.2) is 0 Å². The molecule has 0 fully saturated rings. The standard InChI is InChI=1S/C18H8Cl10O4/c1-31-18(32-2)15(25)5-6(16(18,26)12(22)11(15)21)8(30)4-3(7(5)29)13(23)9(19)10(20)14(4,24)17(13,27)28/h29-30H,1-2H3. The van der Waals surface area contributed by atoms with Crippen LogP contribution in [0.2, 0.25) is 0 Å². The van der Waals surface area contributed by atoms with Crippen molar-refractivity contribution < 1.29 is 19.7 Å². The minimum Gasteiger partial charge on any atom is -0.507 e. The Morgan fingerprint density at radius 3 is 1.06 bits per heavy atom. The molecular formula is C18H8Cl10O4. The van der Waals surface area contributed by atoms with Crippen molar-refractivity contribution in [1.82, 2.24) is 0 Å². The molecule has 14 heteroatoms. The van der Waals surface area contributed by atoms with Crippen LogP contribution in [0, 0.1) is 0 Å². The molecule has 4 nitrogen and oxygen atoms in total. The van der Waals surface area contributed by atoms with E-state index < -0.39 is 41.1 Å². The third-order valence-electron chi connectivity index (χ3n) is 6.77. The van der Waals surface area contributed by atoms with Crippen molar-refractivity contribution in [3.05, 3.63) is 42.4 Å². The second-order valence-corrected chi connectivity index (χ2v) is 12.8. The maximum atomic E-state index is 11.5. The Labute approximate surface area is 231 Å². The molecule has 4 aliphatic rings. The summed E-state index contributed by atoms with van der Waals surface area (Å²) in [6.07, 6.45) is 0. The zero-order chi connectivity index (χ0) is 24.2. The first-order chi connectivity index (χ1) is 14.6. The smallest absolute Gasteiger partial charge is 0.226 e. The zero-order valence-electron chi connectivity index (χ0n) is 15.5. The van der Waals surface area contributed by atoms with Gasteiger partial charge < -0.3 is 19.7 Å². The van der Waals surface area contributed by atoms with Crippen molar-refractivity contribution in [3.63, 3.8) is 0 Å². The molecule has 0 saturated carbocycles. The number of phenols is 2.